The third-order valence-electron chi connectivity index (χ3n) is 2.18. The molecule has 0 bridgehead atoms. The molecule has 0 aliphatic carbocycles. The number of thiophene rings is 1. The van der Waals surface area contributed by atoms with Crippen molar-refractivity contribution in [2.24, 2.45) is 5.92 Å². The molecule has 0 fully saturated rings. The maximum Gasteiger partial charge on any atom is 0.320 e. The van der Waals surface area contributed by atoms with Crippen LogP contribution in [0.4, 0.5) is 0 Å². The number of carboxylic acid groups (broad SMARTS) is 1. The van der Waals surface area contributed by atoms with Crippen LogP contribution in [0, 0.1) is 5.92 Å². The second-order valence-corrected chi connectivity index (χ2v) is 6.45. The Kier molecular flexibility index (Phi) is 5.44. The molecule has 1 heterocycles. The largest absolute Gasteiger partial charge is 0.480 e. The molecule has 1 rings (SSSR count). The summed E-state index contributed by atoms with van der Waals surface area (Å²) in [6.45, 7) is 4.66. The molecule has 16 heavy (non-hydrogen) atoms. The number of nitrogens with one attached hydrogen (secondary N) is 1. The molecule has 0 amide bonds. The van der Waals surface area contributed by atoms with E-state index in [1.165, 1.54) is 0 Å². The van der Waals surface area contributed by atoms with Crippen LogP contribution in [0.15, 0.2) is 15.2 Å². The highest BCUT2D eigenvalue weighted by Gasteiger charge is 2.17. The average Bonchev–Trinajstić information content (AvgIpc) is 2.58. The van der Waals surface area contributed by atoms with Gasteiger partial charge in [0.1, 0.15) is 6.04 Å². The molecule has 3 nitrogen and oxygen atoms in total. The smallest absolute Gasteiger partial charge is 0.320 e. The highest BCUT2D eigenvalue weighted by molar-refractivity contribution is 9.11. The van der Waals surface area contributed by atoms with Crippen LogP contribution in [0.2, 0.25) is 0 Å². The van der Waals surface area contributed by atoms with Crippen LogP contribution in [-0.4, -0.2) is 17.1 Å². The predicted octanol–water partition coefficient (Wildman–Crippen LogP) is 3.10. The van der Waals surface area contributed by atoms with Crippen molar-refractivity contribution in [3.63, 3.8) is 0 Å². The van der Waals surface area contributed by atoms with Crippen molar-refractivity contribution < 1.29 is 9.90 Å². The first-order chi connectivity index (χ1) is 7.49. The number of hydrogen-bond donors (Lipinski definition) is 2. The van der Waals surface area contributed by atoms with Crippen LogP contribution >= 0.6 is 27.3 Å². The Hall–Kier alpha value is -0.390. The van der Waals surface area contributed by atoms with Crippen LogP contribution in [0.25, 0.3) is 0 Å². The first-order valence-electron chi connectivity index (χ1n) is 5.18. The lowest BCUT2D eigenvalue weighted by molar-refractivity contribution is -0.140. The van der Waals surface area contributed by atoms with Crippen molar-refractivity contribution in [3.8, 4) is 0 Å². The zero-order chi connectivity index (χ0) is 12.1. The van der Waals surface area contributed by atoms with Gasteiger partial charge in [-0.2, -0.15) is 0 Å². The second-order valence-electron chi connectivity index (χ2n) is 4.16. The SMILES string of the molecule is CC(C)CC(NCc1csc(Br)c1)C(=O)O. The molecule has 0 aliphatic heterocycles. The third-order valence-corrected chi connectivity index (χ3v) is 3.73. The lowest BCUT2D eigenvalue weighted by atomic mass is 10.0. The van der Waals surface area contributed by atoms with Crippen molar-refractivity contribution in [1.82, 2.24) is 5.32 Å². The van der Waals surface area contributed by atoms with Crippen LogP contribution < -0.4 is 5.32 Å². The van der Waals surface area contributed by atoms with Crippen molar-refractivity contribution >= 4 is 33.2 Å². The van der Waals surface area contributed by atoms with E-state index in [9.17, 15) is 4.79 Å². The summed E-state index contributed by atoms with van der Waals surface area (Å²) < 4.78 is 1.07. The van der Waals surface area contributed by atoms with Crippen molar-refractivity contribution in [2.45, 2.75) is 32.9 Å². The molecule has 0 aromatic carbocycles. The molecule has 1 atom stereocenters. The molecule has 90 valence electrons. The highest BCUT2D eigenvalue weighted by Crippen LogP contribution is 2.20. The van der Waals surface area contributed by atoms with Crippen molar-refractivity contribution in [1.29, 1.82) is 0 Å². The van der Waals surface area contributed by atoms with E-state index in [0.29, 0.717) is 18.9 Å². The maximum atomic E-state index is 11.0. The van der Waals surface area contributed by atoms with E-state index in [0.717, 1.165) is 9.35 Å². The minimum atomic E-state index is -0.775. The summed E-state index contributed by atoms with van der Waals surface area (Å²) in [6.07, 6.45) is 0.653. The van der Waals surface area contributed by atoms with Gasteiger partial charge in [-0.15, -0.1) is 11.3 Å². The van der Waals surface area contributed by atoms with Gasteiger partial charge in [0, 0.05) is 6.54 Å². The molecular weight excluding hydrogens is 290 g/mol. The number of aliphatic carboxylic acids is 1. The lowest BCUT2D eigenvalue weighted by Crippen LogP contribution is -2.37. The van der Waals surface area contributed by atoms with E-state index in [2.05, 4.69) is 21.2 Å². The summed E-state index contributed by atoms with van der Waals surface area (Å²) in [4.78, 5) is 11.0. The summed E-state index contributed by atoms with van der Waals surface area (Å²) in [5.74, 6) is -0.397. The number of halogens is 1. The van der Waals surface area contributed by atoms with Gasteiger partial charge in [0.25, 0.3) is 0 Å². The van der Waals surface area contributed by atoms with E-state index in [1.807, 2.05) is 25.3 Å². The van der Waals surface area contributed by atoms with Gasteiger partial charge >= 0.3 is 5.97 Å². The Bertz CT molecular complexity index is 352. The zero-order valence-electron chi connectivity index (χ0n) is 9.37. The Morgan fingerprint density at radius 1 is 1.62 bits per heavy atom. The Labute approximate surface area is 108 Å². The predicted molar refractivity (Wildman–Crippen MR) is 69.7 cm³/mol. The fraction of sp³-hybridized carbons (Fsp3) is 0.545. The van der Waals surface area contributed by atoms with Gasteiger partial charge in [-0.1, -0.05) is 13.8 Å². The Morgan fingerprint density at radius 2 is 2.31 bits per heavy atom. The minimum absolute atomic E-state index is 0.378. The number of rotatable bonds is 6. The Balaban J connectivity index is 2.46. The monoisotopic (exact) mass is 305 g/mol. The minimum Gasteiger partial charge on any atom is -0.480 e. The molecule has 0 saturated carbocycles. The van der Waals surface area contributed by atoms with Crippen LogP contribution in [-0.2, 0) is 11.3 Å². The van der Waals surface area contributed by atoms with Gasteiger partial charge in [0.2, 0.25) is 0 Å². The van der Waals surface area contributed by atoms with Gasteiger partial charge in [-0.3, -0.25) is 4.79 Å². The van der Waals surface area contributed by atoms with Gasteiger partial charge in [0.15, 0.2) is 0 Å². The lowest BCUT2D eigenvalue weighted by Gasteiger charge is -2.15. The van der Waals surface area contributed by atoms with Gasteiger partial charge < -0.3 is 10.4 Å². The van der Waals surface area contributed by atoms with Crippen LogP contribution in [0.3, 0.4) is 0 Å². The first-order valence-corrected chi connectivity index (χ1v) is 6.85. The molecule has 0 aliphatic rings. The van der Waals surface area contributed by atoms with Crippen LogP contribution in [0.1, 0.15) is 25.8 Å². The number of hydrogen-bond acceptors (Lipinski definition) is 3. The molecule has 5 heteroatoms. The molecule has 2 N–H and O–H groups in total. The average molecular weight is 306 g/mol. The highest BCUT2D eigenvalue weighted by atomic mass is 79.9. The molecule has 0 spiro atoms. The van der Waals surface area contributed by atoms with Gasteiger partial charge in [-0.25, -0.2) is 0 Å². The van der Waals surface area contributed by atoms with E-state index in [1.54, 1.807) is 11.3 Å². The standard InChI is InChI=1S/C11H16BrNO2S/c1-7(2)3-9(11(14)15)13-5-8-4-10(12)16-6-8/h4,6-7,9,13H,3,5H2,1-2H3,(H,14,15). The van der Waals surface area contributed by atoms with Crippen molar-refractivity contribution in [2.75, 3.05) is 0 Å². The molecule has 1 aromatic rings. The number of carboxylic acids is 1. The van der Waals surface area contributed by atoms with E-state index >= 15 is 0 Å². The topological polar surface area (TPSA) is 49.3 Å². The summed E-state index contributed by atoms with van der Waals surface area (Å²) in [7, 11) is 0. The second kappa shape index (κ2) is 6.37. The number of carbonyl (C=O) groups is 1. The zero-order valence-corrected chi connectivity index (χ0v) is 11.8. The molecule has 1 aromatic heterocycles. The fourth-order valence-electron chi connectivity index (χ4n) is 1.42. The normalized spacial score (nSPS) is 13.0. The quantitative estimate of drug-likeness (QED) is 0.849. The van der Waals surface area contributed by atoms with Gasteiger partial charge in [-0.05, 0) is 45.3 Å². The van der Waals surface area contributed by atoms with Crippen LogP contribution in [0.5, 0.6) is 0 Å². The Morgan fingerprint density at radius 3 is 2.75 bits per heavy atom. The van der Waals surface area contributed by atoms with E-state index in [4.69, 9.17) is 5.11 Å². The summed E-state index contributed by atoms with van der Waals surface area (Å²) in [5.41, 5.74) is 1.12. The summed E-state index contributed by atoms with van der Waals surface area (Å²) >= 11 is 4.99. The van der Waals surface area contributed by atoms with E-state index in [-0.39, 0.29) is 0 Å². The maximum absolute atomic E-state index is 11.0. The summed E-state index contributed by atoms with van der Waals surface area (Å²) in [6, 6.07) is 1.55. The molecule has 0 saturated heterocycles. The first kappa shape index (κ1) is 13.7. The van der Waals surface area contributed by atoms with Gasteiger partial charge in [0.05, 0.1) is 3.79 Å². The summed E-state index contributed by atoms with van der Waals surface area (Å²) in [5, 5.41) is 14.1. The van der Waals surface area contributed by atoms with E-state index < -0.39 is 12.0 Å². The van der Waals surface area contributed by atoms with Crippen molar-refractivity contribution in [3.05, 3.63) is 20.8 Å². The molecule has 0 radical (unpaired) electrons. The molecular formula is C11H16BrNO2S. The third kappa shape index (κ3) is 4.63. The molecule has 1 unspecified atom stereocenters. The fourth-order valence-corrected chi connectivity index (χ4v) is 2.63.